The number of hydrogen-bond donors (Lipinski definition) is 1. The minimum atomic E-state index is -1.82. The van der Waals surface area contributed by atoms with Crippen LogP contribution < -0.4 is 44.7 Å². The fraction of sp³-hybridized carbons (Fsp3) is 0.391. The van der Waals surface area contributed by atoms with Crippen LogP contribution in [0, 0.1) is 6.92 Å². The van der Waals surface area contributed by atoms with E-state index in [1.165, 1.54) is 30.2 Å². The molecule has 1 N–H and O–H groups in total. The molecule has 0 aliphatic carbocycles. The second-order valence-electron chi connectivity index (χ2n) is 8.61. The number of aryl methyl sites for hydroxylation is 1. The zero-order valence-electron chi connectivity index (χ0n) is 19.9. The maximum atomic E-state index is 13.4. The summed E-state index contributed by atoms with van der Waals surface area (Å²) in [5.74, 6) is -4.75. The van der Waals surface area contributed by atoms with Crippen LogP contribution in [-0.4, -0.2) is 57.7 Å². The first kappa shape index (κ1) is 27.7. The zero-order valence-corrected chi connectivity index (χ0v) is 23.5. The third-order valence-electron chi connectivity index (χ3n) is 6.04. The molecule has 1 aromatic heterocycles. The first-order chi connectivity index (χ1) is 16.0. The average Bonchev–Trinajstić information content (AvgIpc) is 3.38. The second-order valence-corrected chi connectivity index (χ2v) is 11.1. The van der Waals surface area contributed by atoms with E-state index in [1.807, 2.05) is 0 Å². The molecule has 0 saturated carbocycles. The summed E-state index contributed by atoms with van der Waals surface area (Å²) in [6, 6.07) is 7.35. The average molecular weight is 527 g/mol. The number of amides is 2. The summed E-state index contributed by atoms with van der Waals surface area (Å²) in [5.41, 5.74) is -0.695. The number of methoxy groups -OCH3 is 1. The Morgan fingerprint density at radius 1 is 1.20 bits per heavy atom. The van der Waals surface area contributed by atoms with Crippen LogP contribution in [0.1, 0.15) is 30.9 Å². The molecule has 2 aromatic rings. The number of ether oxygens (including phenoxy) is 2. The largest absolute Gasteiger partial charge is 1.00 e. The Morgan fingerprint density at radius 3 is 2.46 bits per heavy atom. The molecule has 0 bridgehead atoms. The van der Waals surface area contributed by atoms with Crippen molar-refractivity contribution in [1.82, 2.24) is 10.2 Å². The smallest absolute Gasteiger partial charge is 0.548 e. The van der Waals surface area contributed by atoms with Gasteiger partial charge in [0.2, 0.25) is 5.91 Å². The second kappa shape index (κ2) is 10.2. The van der Waals surface area contributed by atoms with Gasteiger partial charge in [-0.05, 0) is 54.8 Å². The summed E-state index contributed by atoms with van der Waals surface area (Å²) in [7, 11) is 1.25. The Hall–Kier alpha value is -1.89. The fourth-order valence-corrected chi connectivity index (χ4v) is 6.65. The van der Waals surface area contributed by atoms with Gasteiger partial charge in [-0.3, -0.25) is 14.4 Å². The van der Waals surface area contributed by atoms with Crippen molar-refractivity contribution in [3.8, 4) is 5.75 Å². The van der Waals surface area contributed by atoms with Crippen LogP contribution in [-0.2, 0) is 23.9 Å². The van der Waals surface area contributed by atoms with Crippen LogP contribution in [0.5, 0.6) is 5.75 Å². The van der Waals surface area contributed by atoms with Gasteiger partial charge >= 0.3 is 35.5 Å². The molecule has 9 nitrogen and oxygen atoms in total. The summed E-state index contributed by atoms with van der Waals surface area (Å²) >= 11 is 2.49. The van der Waals surface area contributed by atoms with Crippen molar-refractivity contribution in [2.45, 2.75) is 48.6 Å². The summed E-state index contributed by atoms with van der Waals surface area (Å²) in [6.07, 6.45) is 0. The molecule has 0 spiro atoms. The quantitative estimate of drug-likeness (QED) is 0.110. The number of aliphatic carboxylic acids is 1. The Kier molecular flexibility index (Phi) is 8.10. The van der Waals surface area contributed by atoms with Crippen LogP contribution >= 0.6 is 23.1 Å². The van der Waals surface area contributed by atoms with Crippen LogP contribution in [0.2, 0.25) is 0 Å². The number of para-hydroxylation sites is 1. The van der Waals surface area contributed by atoms with Crippen molar-refractivity contribution in [2.24, 2.45) is 0 Å². The van der Waals surface area contributed by atoms with Crippen molar-refractivity contribution in [3.63, 3.8) is 0 Å². The number of hydrogen-bond acceptors (Lipinski definition) is 9. The molecule has 4 atom stereocenters. The van der Waals surface area contributed by atoms with Crippen molar-refractivity contribution >= 4 is 46.9 Å². The van der Waals surface area contributed by atoms with E-state index in [0.717, 1.165) is 10.5 Å². The Bertz CT molecular complexity index is 1160. The van der Waals surface area contributed by atoms with Gasteiger partial charge in [0.15, 0.2) is 5.92 Å². The monoisotopic (exact) mass is 526 g/mol. The number of thiophene rings is 1. The summed E-state index contributed by atoms with van der Waals surface area (Å²) in [4.78, 5) is 52.6. The van der Waals surface area contributed by atoms with Crippen LogP contribution in [0.25, 0.3) is 0 Å². The van der Waals surface area contributed by atoms with Crippen molar-refractivity contribution < 1.29 is 63.3 Å². The number of nitrogens with one attached hydrogen (secondary N) is 1. The third kappa shape index (κ3) is 4.65. The summed E-state index contributed by atoms with van der Waals surface area (Å²) in [6.45, 7) is 5.13. The fourth-order valence-electron chi connectivity index (χ4n) is 4.29. The molecule has 2 fully saturated rings. The van der Waals surface area contributed by atoms with Gasteiger partial charge in [-0.1, -0.05) is 18.2 Å². The number of carbonyl (C=O) groups excluding carboxylic acids is 4. The number of carbonyl (C=O) groups is 4. The van der Waals surface area contributed by atoms with Crippen molar-refractivity contribution in [1.29, 1.82) is 0 Å². The van der Waals surface area contributed by atoms with E-state index in [9.17, 15) is 24.3 Å². The number of carboxylic acids is 1. The molecule has 2 aliphatic rings. The SMILES string of the molecule is CO[C@@]1(NC(=O)[C@H](C(=O)Oc2ccccc2C)c2ccsc2)C(=O)N2[C@@H](C(=O)[O-])C(C)(C)S[C@@H]21.[Na+]. The van der Waals surface area contributed by atoms with Gasteiger partial charge in [-0.25, -0.2) is 0 Å². The first-order valence-electron chi connectivity index (χ1n) is 10.4. The minimum absolute atomic E-state index is 0. The van der Waals surface area contributed by atoms with E-state index in [-0.39, 0.29) is 29.6 Å². The number of fused-ring (bicyclic) bond motifs is 1. The molecule has 0 radical (unpaired) electrons. The van der Waals surface area contributed by atoms with E-state index >= 15 is 0 Å². The van der Waals surface area contributed by atoms with Crippen LogP contribution in [0.4, 0.5) is 0 Å². The topological polar surface area (TPSA) is 125 Å². The predicted octanol–water partition coefficient (Wildman–Crippen LogP) is -1.98. The number of benzene rings is 1. The molecule has 3 heterocycles. The van der Waals surface area contributed by atoms with E-state index in [0.29, 0.717) is 11.3 Å². The van der Waals surface area contributed by atoms with Gasteiger partial charge in [0, 0.05) is 11.9 Å². The van der Waals surface area contributed by atoms with Gasteiger partial charge in [-0.2, -0.15) is 11.3 Å². The molecule has 2 amide bonds. The van der Waals surface area contributed by atoms with Gasteiger partial charge in [0.1, 0.15) is 11.1 Å². The third-order valence-corrected chi connectivity index (χ3v) is 8.35. The summed E-state index contributed by atoms with van der Waals surface area (Å²) in [5, 5.41) is 16.9. The van der Waals surface area contributed by atoms with E-state index in [4.69, 9.17) is 9.47 Å². The van der Waals surface area contributed by atoms with Crippen molar-refractivity contribution in [3.05, 3.63) is 52.2 Å². The molecule has 4 rings (SSSR count). The number of thioether (sulfide) groups is 1. The standard InChI is InChI=1S/C23H24N2O7S2.Na/c1-12-7-5-6-8-14(12)32-19(29)15(13-9-10-33-11-13)17(26)24-23(31-4)20(30)25-16(18(27)28)22(2,3)34-21(23)25;/h5-11,15-16,21H,1-4H3,(H,24,26)(H,27,28);/q;+1/p-1/t15-,16+,21-,23+;/m1./s1. The number of β-lactam (4-membered cyclic amide) rings is 1. The molecule has 35 heavy (non-hydrogen) atoms. The normalized spacial score (nSPS) is 25.0. The number of rotatable bonds is 7. The molecular formula is C23H23N2NaO7S2. The van der Waals surface area contributed by atoms with Crippen LogP contribution in [0.15, 0.2) is 41.1 Å². The molecule has 180 valence electrons. The molecule has 12 heteroatoms. The van der Waals surface area contributed by atoms with Crippen molar-refractivity contribution in [2.75, 3.05) is 7.11 Å². The number of nitrogens with zero attached hydrogens (tertiary/aromatic N) is 1. The maximum Gasteiger partial charge on any atom is 1.00 e. The summed E-state index contributed by atoms with van der Waals surface area (Å²) < 4.78 is 10.1. The van der Waals surface area contributed by atoms with Crippen LogP contribution in [0.3, 0.4) is 0 Å². The minimum Gasteiger partial charge on any atom is -0.548 e. The zero-order chi connectivity index (χ0) is 24.8. The molecular weight excluding hydrogens is 503 g/mol. The van der Waals surface area contributed by atoms with E-state index in [1.54, 1.807) is 61.9 Å². The Morgan fingerprint density at radius 2 is 1.89 bits per heavy atom. The first-order valence-corrected chi connectivity index (χ1v) is 12.2. The maximum absolute atomic E-state index is 13.4. The Balaban J connectivity index is 0.00000342. The van der Waals surface area contributed by atoms with E-state index in [2.05, 4.69) is 5.32 Å². The molecule has 1 aromatic carbocycles. The number of esters is 1. The predicted molar refractivity (Wildman–Crippen MR) is 123 cm³/mol. The molecule has 2 saturated heterocycles. The Labute approximate surface area is 232 Å². The van der Waals surface area contributed by atoms with Gasteiger partial charge in [0.25, 0.3) is 11.6 Å². The molecule has 0 unspecified atom stereocenters. The van der Waals surface area contributed by atoms with Gasteiger partial charge < -0.3 is 29.6 Å². The van der Waals surface area contributed by atoms with E-state index < -0.39 is 51.6 Å². The molecule has 2 aliphatic heterocycles. The van der Waals surface area contributed by atoms with Gasteiger partial charge in [0.05, 0.1) is 12.0 Å². The van der Waals surface area contributed by atoms with Gasteiger partial charge in [-0.15, -0.1) is 11.8 Å². The number of carboxylic acid groups (broad SMARTS) is 1.